The molecule has 2 aromatic carbocycles. The minimum atomic E-state index is 0.141. The van der Waals surface area contributed by atoms with Gasteiger partial charge >= 0.3 is 0 Å². The molecule has 1 saturated heterocycles. The SMILES string of the molecule is COc1cccc(CC(=O)N2CCN(c3cc(-c4ccc(Cl)cc4)[nH]n3)CC2)c1. The van der Waals surface area contributed by atoms with E-state index >= 15 is 0 Å². The highest BCUT2D eigenvalue weighted by atomic mass is 35.5. The van der Waals surface area contributed by atoms with Gasteiger partial charge in [0, 0.05) is 37.3 Å². The van der Waals surface area contributed by atoms with Crippen molar-refractivity contribution < 1.29 is 9.53 Å². The first kappa shape index (κ1) is 19.3. The summed E-state index contributed by atoms with van der Waals surface area (Å²) < 4.78 is 5.24. The van der Waals surface area contributed by atoms with Crippen molar-refractivity contribution in [2.24, 2.45) is 0 Å². The van der Waals surface area contributed by atoms with Crippen molar-refractivity contribution in [2.45, 2.75) is 6.42 Å². The molecule has 1 aliphatic heterocycles. The molecule has 0 bridgehead atoms. The topological polar surface area (TPSA) is 61.5 Å². The van der Waals surface area contributed by atoms with Crippen molar-refractivity contribution in [3.63, 3.8) is 0 Å². The maximum atomic E-state index is 12.7. The number of halogens is 1. The maximum absolute atomic E-state index is 12.7. The van der Waals surface area contributed by atoms with Crippen LogP contribution in [0.5, 0.6) is 5.75 Å². The zero-order chi connectivity index (χ0) is 20.2. The highest BCUT2D eigenvalue weighted by Crippen LogP contribution is 2.24. The number of anilines is 1. The summed E-state index contributed by atoms with van der Waals surface area (Å²) in [5.74, 6) is 1.81. The number of aromatic amines is 1. The zero-order valence-electron chi connectivity index (χ0n) is 16.3. The fraction of sp³-hybridized carbons (Fsp3) is 0.273. The lowest BCUT2D eigenvalue weighted by Crippen LogP contribution is -2.49. The molecule has 0 spiro atoms. The summed E-state index contributed by atoms with van der Waals surface area (Å²) in [6, 6.07) is 17.4. The van der Waals surface area contributed by atoms with Crippen LogP contribution in [-0.2, 0) is 11.2 Å². The summed E-state index contributed by atoms with van der Waals surface area (Å²) in [5.41, 5.74) is 2.96. The van der Waals surface area contributed by atoms with Crippen molar-refractivity contribution in [1.82, 2.24) is 15.1 Å². The Morgan fingerprint density at radius 2 is 1.86 bits per heavy atom. The number of rotatable bonds is 5. The monoisotopic (exact) mass is 410 g/mol. The molecule has 29 heavy (non-hydrogen) atoms. The number of ether oxygens (including phenoxy) is 1. The second-order valence-electron chi connectivity index (χ2n) is 7.04. The summed E-state index contributed by atoms with van der Waals surface area (Å²) >= 11 is 5.96. The number of carbonyl (C=O) groups is 1. The molecule has 1 fully saturated rings. The van der Waals surface area contributed by atoms with Gasteiger partial charge in [-0.3, -0.25) is 9.89 Å². The Morgan fingerprint density at radius 3 is 2.59 bits per heavy atom. The zero-order valence-corrected chi connectivity index (χ0v) is 17.0. The van der Waals surface area contributed by atoms with Crippen LogP contribution in [0.15, 0.2) is 54.6 Å². The number of hydrogen-bond acceptors (Lipinski definition) is 4. The first-order valence-electron chi connectivity index (χ1n) is 9.59. The van der Waals surface area contributed by atoms with E-state index in [2.05, 4.69) is 15.1 Å². The van der Waals surface area contributed by atoms with E-state index in [4.69, 9.17) is 16.3 Å². The van der Waals surface area contributed by atoms with Crippen LogP contribution < -0.4 is 9.64 Å². The van der Waals surface area contributed by atoms with Gasteiger partial charge in [-0.2, -0.15) is 5.10 Å². The van der Waals surface area contributed by atoms with Crippen LogP contribution in [0.25, 0.3) is 11.3 Å². The molecule has 1 aromatic heterocycles. The molecule has 150 valence electrons. The first-order valence-corrected chi connectivity index (χ1v) is 9.97. The third-order valence-corrected chi connectivity index (χ3v) is 5.42. The van der Waals surface area contributed by atoms with E-state index in [1.165, 1.54) is 0 Å². The van der Waals surface area contributed by atoms with Gasteiger partial charge in [-0.15, -0.1) is 0 Å². The average Bonchev–Trinajstić information content (AvgIpc) is 3.25. The van der Waals surface area contributed by atoms with E-state index in [0.717, 1.165) is 41.5 Å². The Bertz CT molecular complexity index is 978. The van der Waals surface area contributed by atoms with Crippen LogP contribution in [0.4, 0.5) is 5.82 Å². The van der Waals surface area contributed by atoms with Gasteiger partial charge in [0.15, 0.2) is 5.82 Å². The Labute approximate surface area is 175 Å². The fourth-order valence-electron chi connectivity index (χ4n) is 3.50. The maximum Gasteiger partial charge on any atom is 0.227 e. The van der Waals surface area contributed by atoms with E-state index in [-0.39, 0.29) is 5.91 Å². The summed E-state index contributed by atoms with van der Waals surface area (Å²) in [6.45, 7) is 2.89. The van der Waals surface area contributed by atoms with Crippen LogP contribution in [0.3, 0.4) is 0 Å². The van der Waals surface area contributed by atoms with Gasteiger partial charge in [-0.05, 0) is 35.4 Å². The third kappa shape index (κ3) is 4.54. The molecular weight excluding hydrogens is 388 g/mol. The first-order chi connectivity index (χ1) is 14.1. The number of methoxy groups -OCH3 is 1. The van der Waals surface area contributed by atoms with E-state index < -0.39 is 0 Å². The number of aromatic nitrogens is 2. The van der Waals surface area contributed by atoms with Crippen molar-refractivity contribution in [3.05, 3.63) is 65.2 Å². The lowest BCUT2D eigenvalue weighted by atomic mass is 10.1. The molecule has 6 nitrogen and oxygen atoms in total. The number of nitrogens with one attached hydrogen (secondary N) is 1. The third-order valence-electron chi connectivity index (χ3n) is 5.17. The number of H-pyrrole nitrogens is 1. The highest BCUT2D eigenvalue weighted by molar-refractivity contribution is 6.30. The predicted octanol–water partition coefficient (Wildman–Crippen LogP) is 3.63. The Morgan fingerprint density at radius 1 is 1.10 bits per heavy atom. The number of carbonyl (C=O) groups excluding carboxylic acids is 1. The van der Waals surface area contributed by atoms with Crippen LogP contribution in [0.1, 0.15) is 5.56 Å². The summed E-state index contributed by atoms with van der Waals surface area (Å²) in [5, 5.41) is 8.25. The minimum Gasteiger partial charge on any atom is -0.497 e. The molecule has 7 heteroatoms. The number of amides is 1. The lowest BCUT2D eigenvalue weighted by molar-refractivity contribution is -0.130. The van der Waals surface area contributed by atoms with Gasteiger partial charge in [0.2, 0.25) is 5.91 Å². The Hall–Kier alpha value is -2.99. The Kier molecular flexibility index (Phi) is 5.71. The quantitative estimate of drug-likeness (QED) is 0.697. The van der Waals surface area contributed by atoms with Crippen molar-refractivity contribution in [3.8, 4) is 17.0 Å². The van der Waals surface area contributed by atoms with E-state index in [1.807, 2.05) is 59.5 Å². The summed E-state index contributed by atoms with van der Waals surface area (Å²) in [7, 11) is 1.63. The van der Waals surface area contributed by atoms with E-state index in [9.17, 15) is 4.79 Å². The molecular formula is C22H23ClN4O2. The largest absolute Gasteiger partial charge is 0.497 e. The normalized spacial score (nSPS) is 14.1. The van der Waals surface area contributed by atoms with Gasteiger partial charge in [0.25, 0.3) is 0 Å². The average molecular weight is 411 g/mol. The predicted molar refractivity (Wildman–Crippen MR) is 115 cm³/mol. The highest BCUT2D eigenvalue weighted by Gasteiger charge is 2.23. The molecule has 4 rings (SSSR count). The van der Waals surface area contributed by atoms with Gasteiger partial charge in [0.1, 0.15) is 5.75 Å². The molecule has 1 aliphatic rings. The van der Waals surface area contributed by atoms with Gasteiger partial charge in [0.05, 0.1) is 19.2 Å². The number of piperazine rings is 1. The number of nitrogens with zero attached hydrogens (tertiary/aromatic N) is 3. The summed E-state index contributed by atoms with van der Waals surface area (Å²) in [6.07, 6.45) is 0.389. The van der Waals surface area contributed by atoms with Crippen LogP contribution in [0, 0.1) is 0 Å². The fourth-order valence-corrected chi connectivity index (χ4v) is 3.63. The van der Waals surface area contributed by atoms with Crippen molar-refractivity contribution in [2.75, 3.05) is 38.2 Å². The standard InChI is InChI=1S/C22H23ClN4O2/c1-29-19-4-2-3-16(13-19)14-22(28)27-11-9-26(10-12-27)21-15-20(24-25-21)17-5-7-18(23)8-6-17/h2-8,13,15H,9-12,14H2,1H3,(H,24,25). The molecule has 1 amide bonds. The van der Waals surface area contributed by atoms with Crippen molar-refractivity contribution in [1.29, 1.82) is 0 Å². The van der Waals surface area contributed by atoms with Crippen LogP contribution in [-0.4, -0.2) is 54.3 Å². The second kappa shape index (κ2) is 8.57. The number of benzene rings is 2. The molecule has 0 saturated carbocycles. The minimum absolute atomic E-state index is 0.141. The Balaban J connectivity index is 1.34. The van der Waals surface area contributed by atoms with E-state index in [0.29, 0.717) is 24.5 Å². The van der Waals surface area contributed by atoms with Gasteiger partial charge < -0.3 is 14.5 Å². The second-order valence-corrected chi connectivity index (χ2v) is 7.48. The molecule has 3 aromatic rings. The van der Waals surface area contributed by atoms with E-state index in [1.54, 1.807) is 7.11 Å². The lowest BCUT2D eigenvalue weighted by Gasteiger charge is -2.34. The van der Waals surface area contributed by atoms with Gasteiger partial charge in [-0.1, -0.05) is 35.9 Å². The number of hydrogen-bond donors (Lipinski definition) is 1. The summed E-state index contributed by atoms with van der Waals surface area (Å²) in [4.78, 5) is 16.8. The molecule has 0 atom stereocenters. The van der Waals surface area contributed by atoms with Crippen LogP contribution in [0.2, 0.25) is 5.02 Å². The molecule has 0 radical (unpaired) electrons. The molecule has 0 aliphatic carbocycles. The van der Waals surface area contributed by atoms with Crippen LogP contribution >= 0.6 is 11.6 Å². The molecule has 2 heterocycles. The van der Waals surface area contributed by atoms with Gasteiger partial charge in [-0.25, -0.2) is 0 Å². The molecule has 0 unspecified atom stereocenters. The molecule has 1 N–H and O–H groups in total. The smallest absolute Gasteiger partial charge is 0.227 e. The van der Waals surface area contributed by atoms with Crippen molar-refractivity contribution >= 4 is 23.3 Å².